The summed E-state index contributed by atoms with van der Waals surface area (Å²) in [5.41, 5.74) is 5.68. The average molecular weight is 300 g/mol. The van der Waals surface area contributed by atoms with E-state index < -0.39 is 15.8 Å². The van der Waals surface area contributed by atoms with Crippen LogP contribution in [0.3, 0.4) is 0 Å². The molecule has 0 aromatic heterocycles. The SMILES string of the molecule is CC1CCCCC1N(C)S(=O)(=O)c1ccc(N)cc1F. The van der Waals surface area contributed by atoms with Crippen LogP contribution in [0, 0.1) is 11.7 Å². The zero-order chi connectivity index (χ0) is 14.9. The summed E-state index contributed by atoms with van der Waals surface area (Å²) >= 11 is 0. The predicted molar refractivity (Wildman–Crippen MR) is 77.2 cm³/mol. The van der Waals surface area contributed by atoms with E-state index in [9.17, 15) is 12.8 Å². The molecule has 2 N–H and O–H groups in total. The molecule has 1 fully saturated rings. The normalized spacial score (nSPS) is 24.0. The zero-order valence-electron chi connectivity index (χ0n) is 11.8. The molecule has 1 saturated carbocycles. The highest BCUT2D eigenvalue weighted by molar-refractivity contribution is 7.89. The molecule has 0 heterocycles. The van der Waals surface area contributed by atoms with Crippen LogP contribution in [0.15, 0.2) is 23.1 Å². The Balaban J connectivity index is 2.33. The Kier molecular flexibility index (Phi) is 4.34. The smallest absolute Gasteiger partial charge is 0.245 e. The summed E-state index contributed by atoms with van der Waals surface area (Å²) in [7, 11) is -2.28. The van der Waals surface area contributed by atoms with Gasteiger partial charge in [0.05, 0.1) is 0 Å². The molecule has 0 bridgehead atoms. The molecule has 0 spiro atoms. The molecular formula is C14H21FN2O2S. The van der Waals surface area contributed by atoms with E-state index in [2.05, 4.69) is 6.92 Å². The van der Waals surface area contributed by atoms with Crippen molar-refractivity contribution < 1.29 is 12.8 Å². The largest absolute Gasteiger partial charge is 0.399 e. The first-order valence-corrected chi connectivity index (χ1v) is 8.31. The lowest BCUT2D eigenvalue weighted by molar-refractivity contribution is 0.213. The van der Waals surface area contributed by atoms with Gasteiger partial charge in [0, 0.05) is 18.8 Å². The van der Waals surface area contributed by atoms with E-state index in [-0.39, 0.29) is 16.6 Å². The predicted octanol–water partition coefficient (Wildman–Crippen LogP) is 2.61. The molecule has 1 aromatic rings. The van der Waals surface area contributed by atoms with E-state index in [1.165, 1.54) is 23.5 Å². The van der Waals surface area contributed by atoms with Crippen LogP contribution in [0.5, 0.6) is 0 Å². The standard InChI is InChI=1S/C14H21FN2O2S/c1-10-5-3-4-6-13(10)17(2)20(18,19)14-8-7-11(16)9-12(14)15/h7-10,13H,3-6,16H2,1-2H3. The van der Waals surface area contributed by atoms with Gasteiger partial charge in [-0.1, -0.05) is 19.8 Å². The molecular weight excluding hydrogens is 279 g/mol. The molecule has 2 rings (SSSR count). The second-order valence-corrected chi connectivity index (χ2v) is 7.51. The highest BCUT2D eigenvalue weighted by atomic mass is 32.2. The molecule has 2 atom stereocenters. The van der Waals surface area contributed by atoms with Gasteiger partial charge in [0.1, 0.15) is 10.7 Å². The number of halogens is 1. The van der Waals surface area contributed by atoms with Crippen LogP contribution in [0.2, 0.25) is 0 Å². The van der Waals surface area contributed by atoms with E-state index in [1.807, 2.05) is 0 Å². The maximum absolute atomic E-state index is 13.9. The van der Waals surface area contributed by atoms with Crippen LogP contribution in [0.1, 0.15) is 32.6 Å². The summed E-state index contributed by atoms with van der Waals surface area (Å²) in [4.78, 5) is -0.299. The Labute approximate surface area is 119 Å². The lowest BCUT2D eigenvalue weighted by atomic mass is 9.86. The number of hydrogen-bond donors (Lipinski definition) is 1. The summed E-state index contributed by atoms with van der Waals surface area (Å²) in [6.07, 6.45) is 3.98. The average Bonchev–Trinajstić information content (AvgIpc) is 2.38. The topological polar surface area (TPSA) is 63.4 Å². The van der Waals surface area contributed by atoms with E-state index in [1.54, 1.807) is 0 Å². The van der Waals surface area contributed by atoms with Gasteiger partial charge in [-0.2, -0.15) is 4.31 Å². The fraction of sp³-hybridized carbons (Fsp3) is 0.571. The minimum Gasteiger partial charge on any atom is -0.399 e. The summed E-state index contributed by atoms with van der Waals surface area (Å²) in [5.74, 6) is -0.499. The van der Waals surface area contributed by atoms with Crippen molar-refractivity contribution in [3.8, 4) is 0 Å². The minimum atomic E-state index is -3.82. The molecule has 0 aliphatic heterocycles. The molecule has 112 valence electrons. The first-order valence-electron chi connectivity index (χ1n) is 6.87. The van der Waals surface area contributed by atoms with Crippen LogP contribution >= 0.6 is 0 Å². The van der Waals surface area contributed by atoms with E-state index in [4.69, 9.17) is 5.73 Å². The van der Waals surface area contributed by atoms with E-state index >= 15 is 0 Å². The third kappa shape index (κ3) is 2.81. The van der Waals surface area contributed by atoms with Crippen molar-refractivity contribution in [2.75, 3.05) is 12.8 Å². The number of benzene rings is 1. The Hall–Kier alpha value is -1.14. The van der Waals surface area contributed by atoms with Gasteiger partial charge in [0.2, 0.25) is 10.0 Å². The van der Waals surface area contributed by atoms with Gasteiger partial charge >= 0.3 is 0 Å². The monoisotopic (exact) mass is 300 g/mol. The van der Waals surface area contributed by atoms with E-state index in [0.29, 0.717) is 5.92 Å². The lowest BCUT2D eigenvalue weighted by Gasteiger charge is -2.35. The maximum atomic E-state index is 13.9. The first-order chi connectivity index (χ1) is 9.34. The summed E-state index contributed by atoms with van der Waals surface area (Å²) < 4.78 is 40.3. The van der Waals surface area contributed by atoms with Crippen molar-refractivity contribution in [2.24, 2.45) is 5.92 Å². The molecule has 2 unspecified atom stereocenters. The highest BCUT2D eigenvalue weighted by Gasteiger charge is 2.34. The van der Waals surface area contributed by atoms with Crippen molar-refractivity contribution in [1.82, 2.24) is 4.31 Å². The molecule has 0 radical (unpaired) electrons. The molecule has 1 aromatic carbocycles. The molecule has 1 aliphatic rings. The zero-order valence-corrected chi connectivity index (χ0v) is 12.7. The molecule has 0 amide bonds. The van der Waals surface area contributed by atoms with Gasteiger partial charge in [-0.05, 0) is 37.0 Å². The van der Waals surface area contributed by atoms with Gasteiger partial charge in [-0.15, -0.1) is 0 Å². The Morgan fingerprint density at radius 2 is 1.95 bits per heavy atom. The Morgan fingerprint density at radius 3 is 2.55 bits per heavy atom. The number of nitrogens with zero attached hydrogens (tertiary/aromatic N) is 1. The molecule has 1 aliphatic carbocycles. The highest BCUT2D eigenvalue weighted by Crippen LogP contribution is 2.31. The maximum Gasteiger partial charge on any atom is 0.245 e. The number of rotatable bonds is 3. The minimum absolute atomic E-state index is 0.0642. The summed E-state index contributed by atoms with van der Waals surface area (Å²) in [6, 6.07) is 3.63. The van der Waals surface area contributed by atoms with Crippen molar-refractivity contribution in [1.29, 1.82) is 0 Å². The van der Waals surface area contributed by atoms with Crippen molar-refractivity contribution >= 4 is 15.7 Å². The van der Waals surface area contributed by atoms with Crippen LogP contribution in [-0.4, -0.2) is 25.8 Å². The second kappa shape index (κ2) is 5.69. The fourth-order valence-electron chi connectivity index (χ4n) is 2.90. The fourth-order valence-corrected chi connectivity index (χ4v) is 4.42. The van der Waals surface area contributed by atoms with Gasteiger partial charge in [-0.3, -0.25) is 0 Å². The van der Waals surface area contributed by atoms with Crippen LogP contribution in [0.25, 0.3) is 0 Å². The van der Waals surface area contributed by atoms with Crippen LogP contribution < -0.4 is 5.73 Å². The number of nitrogen functional groups attached to an aromatic ring is 1. The van der Waals surface area contributed by atoms with Crippen molar-refractivity contribution in [3.63, 3.8) is 0 Å². The van der Waals surface area contributed by atoms with E-state index in [0.717, 1.165) is 31.7 Å². The number of sulfonamides is 1. The Morgan fingerprint density at radius 1 is 1.30 bits per heavy atom. The third-order valence-electron chi connectivity index (χ3n) is 4.15. The van der Waals surface area contributed by atoms with Crippen LogP contribution in [-0.2, 0) is 10.0 Å². The summed E-state index contributed by atoms with van der Waals surface area (Å²) in [6.45, 7) is 2.05. The van der Waals surface area contributed by atoms with Gasteiger partial charge in [0.15, 0.2) is 0 Å². The quantitative estimate of drug-likeness (QED) is 0.873. The Bertz CT molecular complexity index is 589. The van der Waals surface area contributed by atoms with Gasteiger partial charge in [0.25, 0.3) is 0 Å². The second-order valence-electron chi connectivity index (χ2n) is 5.54. The first kappa shape index (κ1) is 15.3. The number of hydrogen-bond acceptors (Lipinski definition) is 3. The lowest BCUT2D eigenvalue weighted by Crippen LogP contribution is -2.42. The number of nitrogens with two attached hydrogens (primary N) is 1. The molecule has 0 saturated heterocycles. The van der Waals surface area contributed by atoms with Gasteiger partial charge < -0.3 is 5.73 Å². The molecule has 20 heavy (non-hydrogen) atoms. The van der Waals surface area contributed by atoms with Crippen LogP contribution in [0.4, 0.5) is 10.1 Å². The summed E-state index contributed by atoms with van der Waals surface area (Å²) in [5, 5.41) is 0. The van der Waals surface area contributed by atoms with Crippen molar-refractivity contribution in [2.45, 2.75) is 43.5 Å². The third-order valence-corrected chi connectivity index (χ3v) is 6.06. The molecule has 6 heteroatoms. The van der Waals surface area contributed by atoms with Crippen molar-refractivity contribution in [3.05, 3.63) is 24.0 Å². The van der Waals surface area contributed by atoms with Gasteiger partial charge in [-0.25, -0.2) is 12.8 Å². The number of anilines is 1. The molecule has 4 nitrogen and oxygen atoms in total.